The van der Waals surface area contributed by atoms with Gasteiger partial charge in [0.2, 0.25) is 0 Å². The highest BCUT2D eigenvalue weighted by molar-refractivity contribution is 6.31. The highest BCUT2D eigenvalue weighted by Crippen LogP contribution is 2.34. The van der Waals surface area contributed by atoms with Gasteiger partial charge in [-0.3, -0.25) is 9.59 Å². The van der Waals surface area contributed by atoms with E-state index in [2.05, 4.69) is 21.4 Å². The Hall–Kier alpha value is -3.31. The Balaban J connectivity index is 1.65. The van der Waals surface area contributed by atoms with Gasteiger partial charge >= 0.3 is 0 Å². The van der Waals surface area contributed by atoms with Crippen LogP contribution >= 0.6 is 11.6 Å². The van der Waals surface area contributed by atoms with Gasteiger partial charge in [0.05, 0.1) is 0 Å². The first-order valence-corrected chi connectivity index (χ1v) is 9.70. The van der Waals surface area contributed by atoms with Crippen LogP contribution in [-0.4, -0.2) is 28.2 Å². The number of H-pyrrole nitrogens is 2. The normalized spacial score (nSPS) is 12.1. The SMILES string of the molecule is CC(=O)c1c[nH]c(C(=O)NCC(c2ccccc2Cl)c2c[nH]c3ccccc23)c1. The molecule has 5 nitrogen and oxygen atoms in total. The summed E-state index contributed by atoms with van der Waals surface area (Å²) in [5.41, 5.74) is 3.86. The number of fused-ring (bicyclic) bond motifs is 1. The summed E-state index contributed by atoms with van der Waals surface area (Å²) in [6.45, 7) is 1.83. The number of nitrogens with one attached hydrogen (secondary N) is 3. The van der Waals surface area contributed by atoms with E-state index in [0.717, 1.165) is 22.0 Å². The number of aromatic nitrogens is 2. The molecule has 0 saturated heterocycles. The molecule has 0 spiro atoms. The molecule has 0 aliphatic carbocycles. The van der Waals surface area contributed by atoms with Gasteiger partial charge in [0.1, 0.15) is 5.69 Å². The van der Waals surface area contributed by atoms with Crippen LogP contribution in [0.25, 0.3) is 10.9 Å². The largest absolute Gasteiger partial charge is 0.361 e. The third-order valence-corrected chi connectivity index (χ3v) is 5.42. The lowest BCUT2D eigenvalue weighted by Gasteiger charge is -2.19. The molecular formula is C23H20ClN3O2. The molecule has 2 aromatic carbocycles. The maximum absolute atomic E-state index is 12.6. The topological polar surface area (TPSA) is 77.8 Å². The predicted molar refractivity (Wildman–Crippen MR) is 115 cm³/mol. The first-order chi connectivity index (χ1) is 14.0. The molecule has 1 atom stereocenters. The van der Waals surface area contributed by atoms with Gasteiger partial charge in [-0.2, -0.15) is 0 Å². The van der Waals surface area contributed by atoms with E-state index in [4.69, 9.17) is 11.6 Å². The van der Waals surface area contributed by atoms with Gasteiger partial charge in [0.25, 0.3) is 5.91 Å². The van der Waals surface area contributed by atoms with Crippen LogP contribution in [0.1, 0.15) is 44.8 Å². The maximum Gasteiger partial charge on any atom is 0.267 e. The molecular weight excluding hydrogens is 386 g/mol. The van der Waals surface area contributed by atoms with Crippen LogP contribution in [0.5, 0.6) is 0 Å². The van der Waals surface area contributed by atoms with Crippen LogP contribution < -0.4 is 5.32 Å². The van der Waals surface area contributed by atoms with Crippen molar-refractivity contribution in [1.29, 1.82) is 0 Å². The molecule has 6 heteroatoms. The zero-order valence-corrected chi connectivity index (χ0v) is 16.6. The Morgan fingerprint density at radius 2 is 1.76 bits per heavy atom. The lowest BCUT2D eigenvalue weighted by atomic mass is 9.90. The number of rotatable bonds is 6. The standard InChI is InChI=1S/C23H20ClN3O2/c1-14(28)15-10-22(25-11-15)23(29)27-13-18(16-6-2-4-8-20(16)24)19-12-26-21-9-5-3-7-17(19)21/h2-12,18,25-26H,13H2,1H3,(H,27,29). The molecule has 146 valence electrons. The Labute approximate surface area is 173 Å². The van der Waals surface area contributed by atoms with E-state index in [-0.39, 0.29) is 17.6 Å². The van der Waals surface area contributed by atoms with E-state index < -0.39 is 0 Å². The smallest absolute Gasteiger partial charge is 0.267 e. The Kier molecular flexibility index (Phi) is 5.23. The van der Waals surface area contributed by atoms with Crippen LogP contribution in [0.2, 0.25) is 5.02 Å². The van der Waals surface area contributed by atoms with Crippen LogP contribution in [0, 0.1) is 0 Å². The molecule has 2 heterocycles. The average molecular weight is 406 g/mol. The lowest BCUT2D eigenvalue weighted by Crippen LogP contribution is -2.29. The number of hydrogen-bond donors (Lipinski definition) is 3. The minimum atomic E-state index is -0.269. The molecule has 29 heavy (non-hydrogen) atoms. The van der Waals surface area contributed by atoms with Crippen molar-refractivity contribution in [3.8, 4) is 0 Å². The molecule has 1 amide bonds. The van der Waals surface area contributed by atoms with Gasteiger partial charge in [0, 0.05) is 46.3 Å². The molecule has 0 bridgehead atoms. The highest BCUT2D eigenvalue weighted by atomic mass is 35.5. The van der Waals surface area contributed by atoms with Crippen molar-refractivity contribution < 1.29 is 9.59 Å². The van der Waals surface area contributed by atoms with Crippen molar-refractivity contribution in [2.45, 2.75) is 12.8 Å². The van der Waals surface area contributed by atoms with Gasteiger partial charge in [-0.25, -0.2) is 0 Å². The lowest BCUT2D eigenvalue weighted by molar-refractivity contribution is 0.0948. The van der Waals surface area contributed by atoms with Crippen LogP contribution in [0.15, 0.2) is 67.0 Å². The van der Waals surface area contributed by atoms with Gasteiger partial charge in [-0.15, -0.1) is 0 Å². The van der Waals surface area contributed by atoms with Crippen molar-refractivity contribution in [2.24, 2.45) is 0 Å². The molecule has 0 radical (unpaired) electrons. The molecule has 0 aliphatic rings. The fraction of sp³-hybridized carbons (Fsp3) is 0.130. The minimum Gasteiger partial charge on any atom is -0.361 e. The summed E-state index contributed by atoms with van der Waals surface area (Å²) in [4.78, 5) is 30.3. The van der Waals surface area contributed by atoms with Gasteiger partial charge in [-0.1, -0.05) is 48.0 Å². The summed E-state index contributed by atoms with van der Waals surface area (Å²) < 4.78 is 0. The van der Waals surface area contributed by atoms with E-state index in [9.17, 15) is 9.59 Å². The van der Waals surface area contributed by atoms with Crippen LogP contribution in [0.3, 0.4) is 0 Å². The number of ketones is 1. The number of para-hydroxylation sites is 1. The molecule has 4 rings (SSSR count). The second-order valence-corrected chi connectivity index (χ2v) is 7.34. The third-order valence-electron chi connectivity index (χ3n) is 5.08. The number of benzene rings is 2. The number of carbonyl (C=O) groups is 2. The molecule has 2 aromatic heterocycles. The fourth-order valence-electron chi connectivity index (χ4n) is 3.55. The molecule has 3 N–H and O–H groups in total. The summed E-state index contributed by atoms with van der Waals surface area (Å²) in [5.74, 6) is -0.492. The Morgan fingerprint density at radius 3 is 2.52 bits per heavy atom. The van der Waals surface area contributed by atoms with E-state index in [0.29, 0.717) is 22.8 Å². The van der Waals surface area contributed by atoms with Crippen molar-refractivity contribution >= 4 is 34.2 Å². The number of Topliss-reactive ketones (excluding diaryl/α,β-unsaturated/α-hetero) is 1. The minimum absolute atomic E-state index is 0.0898. The second kappa shape index (κ2) is 7.97. The molecule has 1 unspecified atom stereocenters. The number of halogens is 1. The zero-order chi connectivity index (χ0) is 20.4. The summed E-state index contributed by atoms with van der Waals surface area (Å²) in [6, 6.07) is 17.3. The van der Waals surface area contributed by atoms with Crippen molar-refractivity contribution in [1.82, 2.24) is 15.3 Å². The monoisotopic (exact) mass is 405 g/mol. The molecule has 0 aliphatic heterocycles. The Morgan fingerprint density at radius 1 is 1.00 bits per heavy atom. The summed E-state index contributed by atoms with van der Waals surface area (Å²) in [7, 11) is 0. The molecule has 4 aromatic rings. The van der Waals surface area contributed by atoms with Crippen LogP contribution in [-0.2, 0) is 0 Å². The molecule has 0 saturated carbocycles. The fourth-order valence-corrected chi connectivity index (χ4v) is 3.81. The second-order valence-electron chi connectivity index (χ2n) is 6.93. The number of hydrogen-bond acceptors (Lipinski definition) is 2. The van der Waals surface area contributed by atoms with Crippen molar-refractivity contribution in [2.75, 3.05) is 6.54 Å². The van der Waals surface area contributed by atoms with E-state index in [1.165, 1.54) is 6.92 Å². The summed E-state index contributed by atoms with van der Waals surface area (Å²) in [5, 5.41) is 4.71. The van der Waals surface area contributed by atoms with Gasteiger partial charge in [0.15, 0.2) is 5.78 Å². The average Bonchev–Trinajstić information content (AvgIpc) is 3.37. The number of carbonyl (C=O) groups excluding carboxylic acids is 2. The third kappa shape index (κ3) is 3.82. The van der Waals surface area contributed by atoms with Gasteiger partial charge < -0.3 is 15.3 Å². The molecule has 0 fully saturated rings. The predicted octanol–water partition coefficient (Wildman–Crippen LogP) is 4.91. The number of amides is 1. The van der Waals surface area contributed by atoms with E-state index in [1.54, 1.807) is 12.3 Å². The van der Waals surface area contributed by atoms with Crippen molar-refractivity contribution in [3.05, 3.63) is 94.4 Å². The summed E-state index contributed by atoms with van der Waals surface area (Å²) in [6.07, 6.45) is 3.51. The van der Waals surface area contributed by atoms with E-state index >= 15 is 0 Å². The first-order valence-electron chi connectivity index (χ1n) is 9.32. The maximum atomic E-state index is 12.6. The number of aromatic amines is 2. The zero-order valence-electron chi connectivity index (χ0n) is 15.8. The highest BCUT2D eigenvalue weighted by Gasteiger charge is 2.22. The van der Waals surface area contributed by atoms with Crippen LogP contribution in [0.4, 0.5) is 0 Å². The Bertz CT molecular complexity index is 1190. The van der Waals surface area contributed by atoms with Crippen molar-refractivity contribution in [3.63, 3.8) is 0 Å². The summed E-state index contributed by atoms with van der Waals surface area (Å²) >= 11 is 6.49. The van der Waals surface area contributed by atoms with E-state index in [1.807, 2.05) is 48.7 Å². The van der Waals surface area contributed by atoms with Gasteiger partial charge in [-0.05, 0) is 36.2 Å². The first kappa shape index (κ1) is 19.0. The quantitative estimate of drug-likeness (QED) is 0.398.